The molecule has 0 amide bonds. The van der Waals surface area contributed by atoms with E-state index in [2.05, 4.69) is 27.7 Å². The smallest absolute Gasteiger partial charge is 0.320 e. The van der Waals surface area contributed by atoms with Crippen LogP contribution in [0.4, 0.5) is 0 Å². The summed E-state index contributed by atoms with van der Waals surface area (Å²) in [5, 5.41) is 8.06. The summed E-state index contributed by atoms with van der Waals surface area (Å²) >= 11 is 0. The zero-order valence-electron chi connectivity index (χ0n) is 15.7. The van der Waals surface area contributed by atoms with E-state index in [0.717, 1.165) is 0 Å². The predicted molar refractivity (Wildman–Crippen MR) is 103 cm³/mol. The van der Waals surface area contributed by atoms with Crippen LogP contribution in [0.1, 0.15) is 79.6 Å². The van der Waals surface area contributed by atoms with Crippen LogP contribution in [0.5, 0.6) is 0 Å². The largest absolute Gasteiger partial charge is 0.480 e. The Balaban J connectivity index is 0. The van der Waals surface area contributed by atoms with Gasteiger partial charge < -0.3 is 10.8 Å². The maximum atomic E-state index is 9.81. The normalized spacial score (nSPS) is 12.5. The number of carboxylic acid groups (broad SMARTS) is 1. The first-order valence-corrected chi connectivity index (χ1v) is 11.8. The van der Waals surface area contributed by atoms with E-state index in [4.69, 9.17) is 10.8 Å². The van der Waals surface area contributed by atoms with Crippen molar-refractivity contribution in [2.75, 3.05) is 24.6 Å². The van der Waals surface area contributed by atoms with Gasteiger partial charge in [0.2, 0.25) is 0 Å². The molecule has 4 heteroatoms. The number of nitrogens with two attached hydrogens (primary N) is 1. The van der Waals surface area contributed by atoms with E-state index in [9.17, 15) is 4.79 Å². The number of aliphatic carboxylic acids is 1. The fraction of sp³-hybridized carbons (Fsp3) is 0.944. The van der Waals surface area contributed by atoms with E-state index in [1.165, 1.54) is 44.7 Å². The Hall–Kier alpha value is -0.140. The predicted octanol–water partition coefficient (Wildman–Crippen LogP) is 5.23. The van der Waals surface area contributed by atoms with Crippen molar-refractivity contribution in [1.29, 1.82) is 0 Å². The van der Waals surface area contributed by atoms with Crippen molar-refractivity contribution in [2.45, 2.75) is 85.6 Å². The zero-order valence-corrected chi connectivity index (χ0v) is 16.6. The topological polar surface area (TPSA) is 63.3 Å². The van der Waals surface area contributed by atoms with E-state index in [1.54, 1.807) is 25.4 Å². The third-order valence-electron chi connectivity index (χ3n) is 4.39. The molecule has 0 aliphatic rings. The van der Waals surface area contributed by atoms with Crippen molar-refractivity contribution in [2.24, 2.45) is 5.73 Å². The highest BCUT2D eigenvalue weighted by atomic mass is 31.2. The summed E-state index contributed by atoms with van der Waals surface area (Å²) in [5.74, 6) is -0.928. The molecular formula is C18H41NO2P. The quantitative estimate of drug-likeness (QED) is 0.480. The van der Waals surface area contributed by atoms with E-state index < -0.39 is 19.3 Å². The van der Waals surface area contributed by atoms with Gasteiger partial charge in [-0.15, -0.1) is 7.26 Å². The van der Waals surface area contributed by atoms with Crippen LogP contribution in [0.2, 0.25) is 0 Å². The number of carboxylic acids is 1. The molecule has 0 aromatic rings. The Morgan fingerprint density at radius 1 is 0.909 bits per heavy atom. The summed E-state index contributed by atoms with van der Waals surface area (Å²) < 4.78 is 0. The Morgan fingerprint density at radius 2 is 1.27 bits per heavy atom. The number of rotatable bonds is 12. The van der Waals surface area contributed by atoms with E-state index in [-0.39, 0.29) is 0 Å². The first kappa shape index (κ1) is 24.1. The van der Waals surface area contributed by atoms with Gasteiger partial charge in [-0.25, -0.2) is 0 Å². The summed E-state index contributed by atoms with van der Waals surface area (Å²) in [5.41, 5.74) is 5.02. The second kappa shape index (κ2) is 15.7. The molecule has 3 N–H and O–H groups in total. The zero-order chi connectivity index (χ0) is 17.4. The van der Waals surface area contributed by atoms with E-state index >= 15 is 0 Å². The van der Waals surface area contributed by atoms with Crippen LogP contribution in [0, 0.1) is 0 Å². The summed E-state index contributed by atoms with van der Waals surface area (Å²) in [4.78, 5) is 9.81. The van der Waals surface area contributed by atoms with Gasteiger partial charge in [0.1, 0.15) is 6.04 Å². The van der Waals surface area contributed by atoms with Crippen molar-refractivity contribution in [3.63, 3.8) is 0 Å². The van der Waals surface area contributed by atoms with Gasteiger partial charge in [0.25, 0.3) is 0 Å². The molecule has 0 bridgehead atoms. The van der Waals surface area contributed by atoms with Crippen molar-refractivity contribution in [3.05, 3.63) is 0 Å². The van der Waals surface area contributed by atoms with Crippen molar-refractivity contribution in [3.8, 4) is 0 Å². The molecule has 1 unspecified atom stereocenters. The highest BCUT2D eigenvalue weighted by Gasteiger charge is 2.22. The molecule has 0 heterocycles. The van der Waals surface area contributed by atoms with Crippen LogP contribution in [0.25, 0.3) is 0 Å². The molecule has 0 fully saturated rings. The van der Waals surface area contributed by atoms with Gasteiger partial charge in [-0.1, -0.05) is 53.9 Å². The highest BCUT2D eigenvalue weighted by molar-refractivity contribution is 7.75. The van der Waals surface area contributed by atoms with Gasteiger partial charge in [0.05, 0.1) is 0 Å². The maximum absolute atomic E-state index is 9.81. The maximum Gasteiger partial charge on any atom is 0.320 e. The van der Waals surface area contributed by atoms with Crippen molar-refractivity contribution in [1.82, 2.24) is 0 Å². The van der Waals surface area contributed by atoms with Crippen LogP contribution in [-0.4, -0.2) is 41.8 Å². The molecule has 0 aromatic carbocycles. The van der Waals surface area contributed by atoms with E-state index in [1.807, 2.05) is 0 Å². The SMILES string of the molecule is CCC(N)C(=O)O.CCCC[P](CC)(CCCC)CCCC. The van der Waals surface area contributed by atoms with Crippen LogP contribution >= 0.6 is 7.26 Å². The minimum absolute atomic E-state index is 0.495. The minimum Gasteiger partial charge on any atom is -0.480 e. The Kier molecular flexibility index (Phi) is 17.3. The number of hydrogen-bond donors (Lipinski definition) is 2. The Bertz CT molecular complexity index is 238. The lowest BCUT2D eigenvalue weighted by Gasteiger charge is -2.36. The lowest BCUT2D eigenvalue weighted by Crippen LogP contribution is -2.28. The van der Waals surface area contributed by atoms with Gasteiger partial charge >= 0.3 is 5.97 Å². The molecule has 0 saturated heterocycles. The first-order valence-electron chi connectivity index (χ1n) is 9.26. The fourth-order valence-electron chi connectivity index (χ4n) is 2.46. The molecule has 0 aliphatic heterocycles. The standard InChI is InChI=1S/C14H32P.C4H9NO2/c1-5-9-12-15(8-4,13-10-6-2)14-11-7-3;1-2-3(5)4(6)7/h5-14H2,1-4H3;3H,2,5H2,1H3,(H,6,7). The monoisotopic (exact) mass is 334 g/mol. The van der Waals surface area contributed by atoms with Crippen LogP contribution in [0.15, 0.2) is 0 Å². The summed E-state index contributed by atoms with van der Waals surface area (Å²) in [6.45, 7) is 11.2. The average Bonchev–Trinajstić information content (AvgIpc) is 2.54. The highest BCUT2D eigenvalue weighted by Crippen LogP contribution is 2.60. The van der Waals surface area contributed by atoms with Gasteiger partial charge in [0, 0.05) is 0 Å². The third kappa shape index (κ3) is 12.4. The molecule has 0 saturated carbocycles. The third-order valence-corrected chi connectivity index (χ3v) is 9.52. The molecule has 0 spiro atoms. The van der Waals surface area contributed by atoms with Gasteiger partial charge in [0.15, 0.2) is 0 Å². The molecule has 22 heavy (non-hydrogen) atoms. The molecular weight excluding hydrogens is 293 g/mol. The molecule has 1 radical (unpaired) electrons. The van der Waals surface area contributed by atoms with Gasteiger partial charge in [-0.2, -0.15) is 0 Å². The van der Waals surface area contributed by atoms with E-state index in [0.29, 0.717) is 6.42 Å². The first-order chi connectivity index (χ1) is 10.4. The molecule has 3 nitrogen and oxygen atoms in total. The lowest BCUT2D eigenvalue weighted by molar-refractivity contribution is -0.138. The summed E-state index contributed by atoms with van der Waals surface area (Å²) in [6, 6.07) is -0.681. The second-order valence-corrected chi connectivity index (χ2v) is 10.9. The number of carbonyl (C=O) groups is 1. The van der Waals surface area contributed by atoms with Gasteiger partial charge in [-0.05, 0) is 50.3 Å². The van der Waals surface area contributed by atoms with Crippen LogP contribution in [0.3, 0.4) is 0 Å². The fourth-order valence-corrected chi connectivity index (χ4v) is 7.05. The molecule has 0 aromatic heterocycles. The number of unbranched alkanes of at least 4 members (excludes halogenated alkanes) is 3. The molecule has 0 aliphatic carbocycles. The Morgan fingerprint density at radius 3 is 1.41 bits per heavy atom. The molecule has 0 rings (SSSR count). The number of hydrogen-bond acceptors (Lipinski definition) is 2. The average molecular weight is 335 g/mol. The molecule has 1 atom stereocenters. The van der Waals surface area contributed by atoms with Crippen LogP contribution < -0.4 is 5.73 Å². The Labute approximate surface area is 139 Å². The van der Waals surface area contributed by atoms with Gasteiger partial charge in [-0.3, -0.25) is 4.79 Å². The molecule has 135 valence electrons. The van der Waals surface area contributed by atoms with Crippen LogP contribution in [-0.2, 0) is 4.79 Å². The van der Waals surface area contributed by atoms with Crippen molar-refractivity contribution >= 4 is 13.2 Å². The lowest BCUT2D eigenvalue weighted by atomic mass is 10.2. The second-order valence-electron chi connectivity index (χ2n) is 6.24. The minimum atomic E-state index is -0.928. The van der Waals surface area contributed by atoms with Crippen molar-refractivity contribution < 1.29 is 9.90 Å². The summed E-state index contributed by atoms with van der Waals surface area (Å²) in [7, 11) is -0.527. The summed E-state index contributed by atoms with van der Waals surface area (Å²) in [6.07, 6.45) is 15.4.